The van der Waals surface area contributed by atoms with Crippen molar-refractivity contribution < 1.29 is 4.79 Å². The SMILES string of the molecule is CC(C)n1cnnc1SCC(=O)Nc1ccccc1Sc1ccc(Cl)cc1. The lowest BCUT2D eigenvalue weighted by Gasteiger charge is -2.12. The lowest BCUT2D eigenvalue weighted by Crippen LogP contribution is -2.15. The second kappa shape index (κ2) is 9.30. The summed E-state index contributed by atoms with van der Waals surface area (Å²) < 4.78 is 1.95. The van der Waals surface area contributed by atoms with Gasteiger partial charge in [-0.05, 0) is 50.2 Å². The first-order valence-corrected chi connectivity index (χ1v) is 10.6. The van der Waals surface area contributed by atoms with Gasteiger partial charge >= 0.3 is 0 Å². The van der Waals surface area contributed by atoms with E-state index in [4.69, 9.17) is 11.6 Å². The Morgan fingerprint density at radius 3 is 2.67 bits per heavy atom. The number of aromatic nitrogens is 3. The fourth-order valence-electron chi connectivity index (χ4n) is 2.29. The van der Waals surface area contributed by atoms with Crippen molar-refractivity contribution in [2.45, 2.75) is 34.8 Å². The van der Waals surface area contributed by atoms with Crippen molar-refractivity contribution in [3.63, 3.8) is 0 Å². The molecule has 0 saturated carbocycles. The van der Waals surface area contributed by atoms with Crippen LogP contribution in [0, 0.1) is 0 Å². The Balaban J connectivity index is 1.64. The van der Waals surface area contributed by atoms with Crippen molar-refractivity contribution in [1.29, 1.82) is 0 Å². The number of thioether (sulfide) groups is 1. The molecule has 0 aliphatic rings. The first-order valence-electron chi connectivity index (χ1n) is 8.37. The highest BCUT2D eigenvalue weighted by atomic mass is 35.5. The molecule has 5 nitrogen and oxygen atoms in total. The summed E-state index contributed by atoms with van der Waals surface area (Å²) in [4.78, 5) is 14.5. The number of nitrogens with one attached hydrogen (secondary N) is 1. The van der Waals surface area contributed by atoms with Crippen molar-refractivity contribution >= 4 is 46.7 Å². The number of hydrogen-bond acceptors (Lipinski definition) is 5. The van der Waals surface area contributed by atoms with E-state index in [1.807, 2.05) is 53.1 Å². The summed E-state index contributed by atoms with van der Waals surface area (Å²) in [5.74, 6) is 0.188. The van der Waals surface area contributed by atoms with Gasteiger partial charge in [-0.15, -0.1) is 10.2 Å². The minimum atomic E-state index is -0.0811. The molecule has 0 unspecified atom stereocenters. The molecule has 3 aromatic rings. The fourth-order valence-corrected chi connectivity index (χ4v) is 4.17. The number of para-hydroxylation sites is 1. The van der Waals surface area contributed by atoms with Crippen LogP contribution >= 0.6 is 35.1 Å². The molecule has 1 aromatic heterocycles. The number of nitrogens with zero attached hydrogens (tertiary/aromatic N) is 3. The Morgan fingerprint density at radius 2 is 1.93 bits per heavy atom. The molecule has 0 atom stereocenters. The Labute approximate surface area is 171 Å². The minimum Gasteiger partial charge on any atom is -0.324 e. The molecule has 8 heteroatoms. The van der Waals surface area contributed by atoms with Gasteiger partial charge in [0.2, 0.25) is 5.91 Å². The Morgan fingerprint density at radius 1 is 1.19 bits per heavy atom. The Kier molecular flexibility index (Phi) is 6.82. The molecule has 0 radical (unpaired) electrons. The van der Waals surface area contributed by atoms with Crippen LogP contribution in [0.5, 0.6) is 0 Å². The molecule has 0 bridgehead atoms. The molecule has 0 fully saturated rings. The van der Waals surface area contributed by atoms with Gasteiger partial charge in [-0.2, -0.15) is 0 Å². The standard InChI is InChI=1S/C19H19ClN4OS2/c1-13(2)24-12-21-23-19(24)26-11-18(25)22-16-5-3-4-6-17(16)27-15-9-7-14(20)8-10-15/h3-10,12-13H,11H2,1-2H3,(H,22,25). The maximum atomic E-state index is 12.4. The Hall–Kier alpha value is -1.96. The molecule has 0 aliphatic heterocycles. The summed E-state index contributed by atoms with van der Waals surface area (Å²) in [5, 5.41) is 12.4. The number of carbonyl (C=O) groups is 1. The van der Waals surface area contributed by atoms with Gasteiger partial charge in [0.15, 0.2) is 5.16 Å². The zero-order valence-corrected chi connectivity index (χ0v) is 17.3. The molecule has 140 valence electrons. The summed E-state index contributed by atoms with van der Waals surface area (Å²) in [6.07, 6.45) is 1.68. The van der Waals surface area contributed by atoms with Crippen molar-refractivity contribution in [3.8, 4) is 0 Å². The van der Waals surface area contributed by atoms with Crippen LogP contribution < -0.4 is 5.32 Å². The van der Waals surface area contributed by atoms with Crippen LogP contribution in [0.1, 0.15) is 19.9 Å². The zero-order valence-electron chi connectivity index (χ0n) is 14.9. The fraction of sp³-hybridized carbons (Fsp3) is 0.211. The van der Waals surface area contributed by atoms with E-state index in [0.717, 1.165) is 20.6 Å². The van der Waals surface area contributed by atoms with Crippen LogP contribution in [-0.4, -0.2) is 26.4 Å². The van der Waals surface area contributed by atoms with Crippen molar-refractivity contribution in [2.24, 2.45) is 0 Å². The largest absolute Gasteiger partial charge is 0.324 e. The molecule has 1 N–H and O–H groups in total. The predicted octanol–water partition coefficient (Wildman–Crippen LogP) is 5.39. The van der Waals surface area contributed by atoms with Gasteiger partial charge in [-0.25, -0.2) is 0 Å². The third-order valence-corrected chi connectivity index (χ3v) is 5.92. The average Bonchev–Trinajstić information content (AvgIpc) is 3.12. The van der Waals surface area contributed by atoms with E-state index in [0.29, 0.717) is 5.02 Å². The van der Waals surface area contributed by atoms with Crippen molar-refractivity contribution in [3.05, 3.63) is 59.9 Å². The predicted molar refractivity (Wildman–Crippen MR) is 112 cm³/mol. The van der Waals surface area contributed by atoms with Gasteiger partial charge in [0.05, 0.1) is 11.4 Å². The van der Waals surface area contributed by atoms with Gasteiger partial charge in [0.1, 0.15) is 6.33 Å². The van der Waals surface area contributed by atoms with E-state index >= 15 is 0 Å². The van der Waals surface area contributed by atoms with E-state index in [2.05, 4.69) is 29.4 Å². The molecule has 1 heterocycles. The number of amides is 1. The molecule has 0 saturated heterocycles. The maximum absolute atomic E-state index is 12.4. The van der Waals surface area contributed by atoms with Crippen LogP contribution in [0.4, 0.5) is 5.69 Å². The highest BCUT2D eigenvalue weighted by Crippen LogP contribution is 2.34. The first-order chi connectivity index (χ1) is 13.0. The number of halogens is 1. The molecular weight excluding hydrogens is 400 g/mol. The van der Waals surface area contributed by atoms with E-state index in [1.54, 1.807) is 18.1 Å². The highest BCUT2D eigenvalue weighted by Gasteiger charge is 2.12. The number of anilines is 1. The average molecular weight is 419 g/mol. The zero-order chi connectivity index (χ0) is 19.2. The molecule has 0 aliphatic carbocycles. The van der Waals surface area contributed by atoms with Crippen LogP contribution in [0.15, 0.2) is 69.8 Å². The molecule has 0 spiro atoms. The van der Waals surface area contributed by atoms with Gasteiger partial charge in [0.25, 0.3) is 0 Å². The third-order valence-electron chi connectivity index (χ3n) is 3.63. The van der Waals surface area contributed by atoms with Crippen LogP contribution in [0.25, 0.3) is 0 Å². The number of hydrogen-bond donors (Lipinski definition) is 1. The minimum absolute atomic E-state index is 0.0811. The third kappa shape index (κ3) is 5.51. The second-order valence-corrected chi connectivity index (χ2v) is 8.50. The molecular formula is C19H19ClN4OS2. The lowest BCUT2D eigenvalue weighted by atomic mass is 10.3. The summed E-state index contributed by atoms with van der Waals surface area (Å²) in [5.41, 5.74) is 0.786. The lowest BCUT2D eigenvalue weighted by molar-refractivity contribution is -0.113. The van der Waals surface area contributed by atoms with Crippen LogP contribution in [-0.2, 0) is 4.79 Å². The van der Waals surface area contributed by atoms with E-state index < -0.39 is 0 Å². The van der Waals surface area contributed by atoms with Crippen LogP contribution in [0.3, 0.4) is 0 Å². The van der Waals surface area contributed by atoms with Crippen molar-refractivity contribution in [1.82, 2.24) is 14.8 Å². The Bertz CT molecular complexity index is 912. The molecule has 3 rings (SSSR count). The number of benzene rings is 2. The molecule has 2 aromatic carbocycles. The van der Waals surface area contributed by atoms with Gasteiger partial charge in [0, 0.05) is 20.9 Å². The smallest absolute Gasteiger partial charge is 0.234 e. The monoisotopic (exact) mass is 418 g/mol. The topological polar surface area (TPSA) is 59.8 Å². The van der Waals surface area contributed by atoms with Gasteiger partial charge < -0.3 is 9.88 Å². The highest BCUT2D eigenvalue weighted by molar-refractivity contribution is 8.00. The van der Waals surface area contributed by atoms with E-state index in [1.165, 1.54) is 11.8 Å². The quantitative estimate of drug-likeness (QED) is 0.521. The van der Waals surface area contributed by atoms with E-state index in [9.17, 15) is 4.79 Å². The van der Waals surface area contributed by atoms with Crippen molar-refractivity contribution in [2.75, 3.05) is 11.1 Å². The van der Waals surface area contributed by atoms with Gasteiger partial charge in [-0.1, -0.05) is 47.3 Å². The van der Waals surface area contributed by atoms with Crippen LogP contribution in [0.2, 0.25) is 5.02 Å². The number of rotatable bonds is 7. The maximum Gasteiger partial charge on any atom is 0.234 e. The van der Waals surface area contributed by atoms with Gasteiger partial charge in [-0.3, -0.25) is 4.79 Å². The second-order valence-electron chi connectivity index (χ2n) is 6.00. The summed E-state index contributed by atoms with van der Waals surface area (Å²) in [7, 11) is 0. The normalized spacial score (nSPS) is 11.0. The summed E-state index contributed by atoms with van der Waals surface area (Å²) >= 11 is 8.90. The molecule has 27 heavy (non-hydrogen) atoms. The first kappa shape index (κ1) is 19.8. The summed E-state index contributed by atoms with van der Waals surface area (Å²) in [6.45, 7) is 4.11. The summed E-state index contributed by atoms with van der Waals surface area (Å²) in [6, 6.07) is 15.6. The molecule has 1 amide bonds. The van der Waals surface area contributed by atoms with E-state index in [-0.39, 0.29) is 17.7 Å². The number of carbonyl (C=O) groups excluding carboxylic acids is 1.